The third kappa shape index (κ3) is 4.20. The van der Waals surface area contributed by atoms with Gasteiger partial charge in [0.05, 0.1) is 12.8 Å². The number of rotatable bonds is 6. The van der Waals surface area contributed by atoms with Crippen LogP contribution < -0.4 is 10.2 Å². The van der Waals surface area contributed by atoms with Crippen LogP contribution in [0.3, 0.4) is 0 Å². The summed E-state index contributed by atoms with van der Waals surface area (Å²) < 4.78 is 5.18. The van der Waals surface area contributed by atoms with Crippen molar-refractivity contribution >= 4 is 22.2 Å². The van der Waals surface area contributed by atoms with Crippen molar-refractivity contribution in [3.8, 4) is 17.0 Å². The van der Waals surface area contributed by atoms with Gasteiger partial charge in [-0.15, -0.1) is 11.3 Å². The third-order valence-corrected chi connectivity index (χ3v) is 4.28. The number of hydrazone groups is 1. The van der Waals surface area contributed by atoms with Crippen LogP contribution in [-0.4, -0.2) is 17.8 Å². The van der Waals surface area contributed by atoms with Gasteiger partial charge in [-0.2, -0.15) is 5.10 Å². The number of ether oxygens (including phenoxy) is 1. The summed E-state index contributed by atoms with van der Waals surface area (Å²) in [6, 6.07) is 18.2. The van der Waals surface area contributed by atoms with Crippen LogP contribution in [0.15, 0.2) is 65.1 Å². The van der Waals surface area contributed by atoms with Gasteiger partial charge in [-0.3, -0.25) is 5.43 Å². The summed E-state index contributed by atoms with van der Waals surface area (Å²) in [6.45, 7) is 2.01. The lowest BCUT2D eigenvalue weighted by Crippen LogP contribution is -2.01. The molecule has 0 aliphatic carbocycles. The molecule has 0 bridgehead atoms. The summed E-state index contributed by atoms with van der Waals surface area (Å²) in [5, 5.41) is 7.22. The lowest BCUT2D eigenvalue weighted by molar-refractivity contribution is 0.415. The van der Waals surface area contributed by atoms with Crippen molar-refractivity contribution in [1.82, 2.24) is 4.98 Å². The van der Waals surface area contributed by atoms with E-state index >= 15 is 0 Å². The van der Waals surface area contributed by atoms with Gasteiger partial charge in [0, 0.05) is 23.1 Å². The van der Waals surface area contributed by atoms with Crippen LogP contribution in [-0.2, 0) is 6.42 Å². The Bertz CT molecular complexity index is 810. The van der Waals surface area contributed by atoms with Crippen molar-refractivity contribution < 1.29 is 4.74 Å². The van der Waals surface area contributed by atoms with Crippen LogP contribution in [0.1, 0.15) is 12.5 Å². The summed E-state index contributed by atoms with van der Waals surface area (Å²) in [5.74, 6) is 0.841. The summed E-state index contributed by atoms with van der Waals surface area (Å²) in [5.41, 5.74) is 7.30. The molecular weight excluding hydrogens is 318 g/mol. The molecule has 4 nitrogen and oxygen atoms in total. The Hall–Kier alpha value is -2.66. The smallest absolute Gasteiger partial charge is 0.203 e. The highest BCUT2D eigenvalue weighted by molar-refractivity contribution is 7.14. The second kappa shape index (κ2) is 7.75. The van der Waals surface area contributed by atoms with E-state index in [-0.39, 0.29) is 0 Å². The van der Waals surface area contributed by atoms with E-state index in [4.69, 9.17) is 4.74 Å². The highest BCUT2D eigenvalue weighted by Crippen LogP contribution is 2.26. The number of benzene rings is 2. The fraction of sp³-hybridized carbons (Fsp3) is 0.158. The topological polar surface area (TPSA) is 46.5 Å². The molecule has 0 aliphatic rings. The van der Waals surface area contributed by atoms with Gasteiger partial charge in [0.2, 0.25) is 5.13 Å². The first-order valence-electron chi connectivity index (χ1n) is 7.67. The molecule has 0 fully saturated rings. The Morgan fingerprint density at radius 2 is 1.88 bits per heavy atom. The molecule has 0 atom stereocenters. The second-order valence-electron chi connectivity index (χ2n) is 5.39. The van der Waals surface area contributed by atoms with Gasteiger partial charge in [-0.1, -0.05) is 30.3 Å². The molecule has 0 unspecified atom stereocenters. The lowest BCUT2D eigenvalue weighted by atomic mass is 10.1. The van der Waals surface area contributed by atoms with Crippen molar-refractivity contribution in [2.24, 2.45) is 5.10 Å². The minimum atomic E-state index is 0.785. The molecule has 0 saturated heterocycles. The van der Waals surface area contributed by atoms with Gasteiger partial charge in [-0.25, -0.2) is 4.98 Å². The molecule has 0 spiro atoms. The zero-order chi connectivity index (χ0) is 16.8. The lowest BCUT2D eigenvalue weighted by Gasteiger charge is -2.02. The number of aromatic nitrogens is 1. The molecule has 0 aliphatic heterocycles. The normalized spacial score (nSPS) is 11.3. The standard InChI is InChI=1S/C19H19N3OS/c1-14(12-15-6-4-3-5-7-15)21-22-19-20-18(13-24-19)16-8-10-17(23-2)11-9-16/h3-11,13H,12H2,1-2H3,(H,20,22)/b21-14+. The first-order chi connectivity index (χ1) is 11.7. The highest BCUT2D eigenvalue weighted by atomic mass is 32.1. The van der Waals surface area contributed by atoms with Gasteiger partial charge < -0.3 is 4.74 Å². The monoisotopic (exact) mass is 337 g/mol. The number of nitrogens with zero attached hydrogens (tertiary/aromatic N) is 2. The molecule has 3 aromatic rings. The number of hydrogen-bond acceptors (Lipinski definition) is 5. The Balaban J connectivity index is 1.64. The minimum absolute atomic E-state index is 0.785. The van der Waals surface area contributed by atoms with Crippen LogP contribution >= 0.6 is 11.3 Å². The molecule has 0 saturated carbocycles. The van der Waals surface area contributed by atoms with Crippen molar-refractivity contribution in [2.45, 2.75) is 13.3 Å². The molecule has 0 radical (unpaired) electrons. The number of hydrogen-bond donors (Lipinski definition) is 1. The average molecular weight is 337 g/mol. The fourth-order valence-corrected chi connectivity index (χ4v) is 2.95. The maximum absolute atomic E-state index is 5.18. The molecular formula is C19H19N3OS. The SMILES string of the molecule is COc1ccc(-c2csc(N/N=C(\C)Cc3ccccc3)n2)cc1. The molecule has 3 rings (SSSR count). The fourth-order valence-electron chi connectivity index (χ4n) is 2.29. The van der Waals surface area contributed by atoms with E-state index < -0.39 is 0 Å². The van der Waals surface area contributed by atoms with E-state index in [1.165, 1.54) is 5.56 Å². The molecule has 122 valence electrons. The average Bonchev–Trinajstić information content (AvgIpc) is 3.10. The van der Waals surface area contributed by atoms with E-state index in [9.17, 15) is 0 Å². The molecule has 5 heteroatoms. The molecule has 1 aromatic heterocycles. The summed E-state index contributed by atoms with van der Waals surface area (Å²) in [6.07, 6.45) is 0.824. The number of thiazole rings is 1. The van der Waals surface area contributed by atoms with Gasteiger partial charge in [0.1, 0.15) is 5.75 Å². The molecule has 24 heavy (non-hydrogen) atoms. The van der Waals surface area contributed by atoms with E-state index in [0.29, 0.717) is 0 Å². The largest absolute Gasteiger partial charge is 0.497 e. The second-order valence-corrected chi connectivity index (χ2v) is 6.25. The zero-order valence-corrected chi connectivity index (χ0v) is 14.5. The van der Waals surface area contributed by atoms with Gasteiger partial charge >= 0.3 is 0 Å². The van der Waals surface area contributed by atoms with E-state index in [2.05, 4.69) is 27.6 Å². The van der Waals surface area contributed by atoms with Crippen LogP contribution in [0.5, 0.6) is 5.75 Å². The zero-order valence-electron chi connectivity index (χ0n) is 13.7. The van der Waals surface area contributed by atoms with Crippen molar-refractivity contribution in [3.05, 3.63) is 65.5 Å². The molecule has 1 heterocycles. The number of anilines is 1. The Labute approximate surface area is 145 Å². The maximum atomic E-state index is 5.18. The number of nitrogens with one attached hydrogen (secondary N) is 1. The minimum Gasteiger partial charge on any atom is -0.497 e. The first kappa shape index (κ1) is 16.2. The molecule has 1 N–H and O–H groups in total. The van der Waals surface area contributed by atoms with Crippen molar-refractivity contribution in [2.75, 3.05) is 12.5 Å². The quantitative estimate of drug-likeness (QED) is 0.517. The number of methoxy groups -OCH3 is 1. The summed E-state index contributed by atoms with van der Waals surface area (Å²) >= 11 is 1.54. The van der Waals surface area contributed by atoms with Gasteiger partial charge in [0.25, 0.3) is 0 Å². The predicted molar refractivity (Wildman–Crippen MR) is 101 cm³/mol. The Morgan fingerprint density at radius 3 is 2.58 bits per heavy atom. The van der Waals surface area contributed by atoms with Crippen LogP contribution in [0, 0.1) is 0 Å². The molecule has 2 aromatic carbocycles. The van der Waals surface area contributed by atoms with Crippen LogP contribution in [0.25, 0.3) is 11.3 Å². The third-order valence-electron chi connectivity index (χ3n) is 3.54. The van der Waals surface area contributed by atoms with E-state index in [0.717, 1.165) is 34.3 Å². The van der Waals surface area contributed by atoms with Crippen LogP contribution in [0.2, 0.25) is 0 Å². The summed E-state index contributed by atoms with van der Waals surface area (Å²) in [7, 11) is 1.66. The van der Waals surface area contributed by atoms with E-state index in [1.807, 2.05) is 54.8 Å². The summed E-state index contributed by atoms with van der Waals surface area (Å²) in [4.78, 5) is 4.57. The predicted octanol–water partition coefficient (Wildman–Crippen LogP) is 4.85. The van der Waals surface area contributed by atoms with Gasteiger partial charge in [-0.05, 0) is 36.8 Å². The Kier molecular flexibility index (Phi) is 5.23. The highest BCUT2D eigenvalue weighted by Gasteiger charge is 2.04. The van der Waals surface area contributed by atoms with E-state index in [1.54, 1.807) is 18.4 Å². The van der Waals surface area contributed by atoms with Crippen molar-refractivity contribution in [1.29, 1.82) is 0 Å². The molecule has 0 amide bonds. The Morgan fingerprint density at radius 1 is 1.12 bits per heavy atom. The van der Waals surface area contributed by atoms with Crippen LogP contribution in [0.4, 0.5) is 5.13 Å². The van der Waals surface area contributed by atoms with Crippen molar-refractivity contribution in [3.63, 3.8) is 0 Å². The maximum Gasteiger partial charge on any atom is 0.203 e. The van der Waals surface area contributed by atoms with Gasteiger partial charge in [0.15, 0.2) is 0 Å². The first-order valence-corrected chi connectivity index (χ1v) is 8.55.